The summed E-state index contributed by atoms with van der Waals surface area (Å²) in [4.78, 5) is 44.0. The molecule has 3 aromatic rings. The van der Waals surface area contributed by atoms with E-state index < -0.39 is 29.4 Å². The van der Waals surface area contributed by atoms with Crippen molar-refractivity contribution in [3.8, 4) is 0 Å². The maximum atomic E-state index is 13.3. The van der Waals surface area contributed by atoms with E-state index in [1.54, 1.807) is 0 Å². The van der Waals surface area contributed by atoms with Gasteiger partial charge in [0.05, 0.1) is 18.9 Å². The number of rotatable bonds is 4. The van der Waals surface area contributed by atoms with E-state index in [9.17, 15) is 14.4 Å². The molecule has 0 unspecified atom stereocenters. The quantitative estimate of drug-likeness (QED) is 0.502. The van der Waals surface area contributed by atoms with Gasteiger partial charge in [0.1, 0.15) is 5.54 Å². The SMILES string of the molecule is COC(=O)[C@]1(Cc2c[nH]c3ccccc23)N[C@H](c2ccccc2)[C@@H]2C(=O)N(C)C(=O)[C@@H]21. The first-order chi connectivity index (χ1) is 15.0. The number of nitrogens with one attached hydrogen (secondary N) is 2. The van der Waals surface area contributed by atoms with E-state index in [1.807, 2.05) is 60.8 Å². The molecule has 31 heavy (non-hydrogen) atoms. The van der Waals surface area contributed by atoms with E-state index in [4.69, 9.17) is 4.74 Å². The molecule has 2 saturated heterocycles. The van der Waals surface area contributed by atoms with Gasteiger partial charge in [0.2, 0.25) is 11.8 Å². The van der Waals surface area contributed by atoms with Gasteiger partial charge in [-0.2, -0.15) is 0 Å². The number of methoxy groups -OCH3 is 1. The van der Waals surface area contributed by atoms with Crippen LogP contribution in [0.1, 0.15) is 17.2 Å². The van der Waals surface area contributed by atoms with E-state index >= 15 is 0 Å². The van der Waals surface area contributed by atoms with Crippen molar-refractivity contribution in [3.63, 3.8) is 0 Å². The first-order valence-corrected chi connectivity index (χ1v) is 10.3. The number of nitrogens with zero attached hydrogens (tertiary/aromatic N) is 1. The minimum absolute atomic E-state index is 0.223. The average molecular weight is 417 g/mol. The molecule has 1 aromatic heterocycles. The molecule has 0 aliphatic carbocycles. The lowest BCUT2D eigenvalue weighted by Gasteiger charge is -2.32. The largest absolute Gasteiger partial charge is 0.468 e. The van der Waals surface area contributed by atoms with Gasteiger partial charge in [-0.3, -0.25) is 24.6 Å². The predicted octanol–water partition coefficient (Wildman–Crippen LogP) is 2.20. The van der Waals surface area contributed by atoms with E-state index in [0.29, 0.717) is 0 Å². The Balaban J connectivity index is 1.67. The Morgan fingerprint density at radius 2 is 1.77 bits per heavy atom. The Labute approximate surface area is 179 Å². The molecule has 2 N–H and O–H groups in total. The zero-order valence-corrected chi connectivity index (χ0v) is 17.3. The zero-order valence-electron chi connectivity index (χ0n) is 17.3. The molecular formula is C24H23N3O4. The van der Waals surface area contributed by atoms with Gasteiger partial charge >= 0.3 is 5.97 Å². The Morgan fingerprint density at radius 1 is 1.06 bits per heavy atom. The third-order valence-corrected chi connectivity index (χ3v) is 6.73. The number of carbonyl (C=O) groups is 3. The van der Waals surface area contributed by atoms with Crippen LogP contribution in [0, 0.1) is 11.8 Å². The Morgan fingerprint density at radius 3 is 2.52 bits per heavy atom. The van der Waals surface area contributed by atoms with Crippen molar-refractivity contribution in [1.82, 2.24) is 15.2 Å². The molecule has 158 valence electrons. The molecule has 2 aromatic carbocycles. The Bertz CT molecular complexity index is 1190. The summed E-state index contributed by atoms with van der Waals surface area (Å²) in [6, 6.07) is 16.8. The van der Waals surface area contributed by atoms with E-state index in [1.165, 1.54) is 14.2 Å². The first kappa shape index (κ1) is 19.5. The number of aromatic nitrogens is 1. The second kappa shape index (κ2) is 7.06. The molecule has 2 aliphatic heterocycles. The molecule has 7 heteroatoms. The highest BCUT2D eigenvalue weighted by Gasteiger charge is 2.68. The summed E-state index contributed by atoms with van der Waals surface area (Å²) in [6.45, 7) is 0. The van der Waals surface area contributed by atoms with Crippen LogP contribution in [0.3, 0.4) is 0 Å². The van der Waals surface area contributed by atoms with Crippen molar-refractivity contribution in [3.05, 3.63) is 71.9 Å². The van der Waals surface area contributed by atoms with Crippen molar-refractivity contribution in [2.75, 3.05) is 14.2 Å². The zero-order chi connectivity index (χ0) is 21.8. The molecule has 2 aliphatic rings. The highest BCUT2D eigenvalue weighted by Crippen LogP contribution is 2.50. The third-order valence-electron chi connectivity index (χ3n) is 6.73. The molecule has 2 fully saturated rings. The number of hydrogen-bond acceptors (Lipinski definition) is 5. The van der Waals surface area contributed by atoms with Crippen molar-refractivity contribution in [2.24, 2.45) is 11.8 Å². The molecule has 0 saturated carbocycles. The van der Waals surface area contributed by atoms with Gasteiger partial charge in [0, 0.05) is 36.6 Å². The van der Waals surface area contributed by atoms with Crippen LogP contribution in [0.15, 0.2) is 60.8 Å². The van der Waals surface area contributed by atoms with E-state index in [2.05, 4.69) is 10.3 Å². The van der Waals surface area contributed by atoms with Crippen molar-refractivity contribution >= 4 is 28.7 Å². The summed E-state index contributed by atoms with van der Waals surface area (Å²) in [5, 5.41) is 4.37. The van der Waals surface area contributed by atoms with Gasteiger partial charge in [-0.25, -0.2) is 0 Å². The monoisotopic (exact) mass is 417 g/mol. The Kier molecular flexibility index (Phi) is 4.44. The minimum Gasteiger partial charge on any atom is -0.468 e. The van der Waals surface area contributed by atoms with Gasteiger partial charge in [-0.15, -0.1) is 0 Å². The summed E-state index contributed by atoms with van der Waals surface area (Å²) in [7, 11) is 2.80. The molecule has 0 spiro atoms. The van der Waals surface area contributed by atoms with Crippen LogP contribution < -0.4 is 5.32 Å². The van der Waals surface area contributed by atoms with Crippen molar-refractivity contribution in [1.29, 1.82) is 0 Å². The van der Waals surface area contributed by atoms with Gasteiger partial charge < -0.3 is 9.72 Å². The predicted molar refractivity (Wildman–Crippen MR) is 114 cm³/mol. The lowest BCUT2D eigenvalue weighted by molar-refractivity contribution is -0.153. The van der Waals surface area contributed by atoms with Crippen LogP contribution in [0.4, 0.5) is 0 Å². The molecule has 5 rings (SSSR count). The number of fused-ring (bicyclic) bond motifs is 2. The molecule has 0 radical (unpaired) electrons. The third kappa shape index (κ3) is 2.73. The molecule has 3 heterocycles. The average Bonchev–Trinajstić information content (AvgIpc) is 3.44. The standard InChI is InChI=1S/C24H23N3O4/c1-27-21(28)18-19(22(27)29)24(23(30)31-2,26-20(18)14-8-4-3-5-9-14)12-15-13-25-17-11-7-6-10-16(15)17/h3-11,13,18-20,25-26H,12H2,1-2H3/t18-,19-,20-,24-/m1/s1. The lowest BCUT2D eigenvalue weighted by Crippen LogP contribution is -2.57. The summed E-state index contributed by atoms with van der Waals surface area (Å²) in [5.41, 5.74) is 1.33. The smallest absolute Gasteiger partial charge is 0.327 e. The second-order valence-corrected chi connectivity index (χ2v) is 8.27. The summed E-state index contributed by atoms with van der Waals surface area (Å²) in [5.74, 6) is -2.70. The number of ether oxygens (including phenoxy) is 1. The van der Waals surface area contributed by atoms with Crippen molar-refractivity contribution in [2.45, 2.75) is 18.0 Å². The number of para-hydroxylation sites is 1. The minimum atomic E-state index is -1.36. The number of benzene rings is 2. The number of likely N-dealkylation sites (tertiary alicyclic amines) is 1. The molecule has 2 amide bonds. The van der Waals surface area contributed by atoms with Crippen LogP contribution in [0.2, 0.25) is 0 Å². The Hall–Kier alpha value is -3.45. The number of H-pyrrole nitrogens is 1. The van der Waals surface area contributed by atoms with E-state index in [-0.39, 0.29) is 18.2 Å². The second-order valence-electron chi connectivity index (χ2n) is 8.27. The highest BCUT2D eigenvalue weighted by molar-refractivity contribution is 6.09. The highest BCUT2D eigenvalue weighted by atomic mass is 16.5. The number of imide groups is 1. The fourth-order valence-electron chi connectivity index (χ4n) is 5.28. The fourth-order valence-corrected chi connectivity index (χ4v) is 5.28. The fraction of sp³-hybridized carbons (Fsp3) is 0.292. The van der Waals surface area contributed by atoms with Gasteiger partial charge in [-0.05, 0) is 17.2 Å². The maximum Gasteiger partial charge on any atom is 0.327 e. The molecule has 0 bridgehead atoms. The van der Waals surface area contributed by atoms with Gasteiger partial charge in [0.15, 0.2) is 0 Å². The van der Waals surface area contributed by atoms with Gasteiger partial charge in [-0.1, -0.05) is 48.5 Å². The number of aromatic amines is 1. The topological polar surface area (TPSA) is 91.5 Å². The van der Waals surface area contributed by atoms with Crippen molar-refractivity contribution < 1.29 is 19.1 Å². The number of esters is 1. The van der Waals surface area contributed by atoms with E-state index in [0.717, 1.165) is 26.9 Å². The number of hydrogen-bond donors (Lipinski definition) is 2. The summed E-state index contributed by atoms with van der Waals surface area (Å²) in [6.07, 6.45) is 2.08. The van der Waals surface area contributed by atoms with Crippen LogP contribution in [0.5, 0.6) is 0 Å². The van der Waals surface area contributed by atoms with Crippen LogP contribution in [-0.2, 0) is 25.5 Å². The summed E-state index contributed by atoms with van der Waals surface area (Å²) < 4.78 is 5.22. The van der Waals surface area contributed by atoms with Crippen LogP contribution in [-0.4, -0.2) is 47.4 Å². The van der Waals surface area contributed by atoms with Crippen LogP contribution in [0.25, 0.3) is 10.9 Å². The molecule has 4 atom stereocenters. The molecule has 7 nitrogen and oxygen atoms in total. The summed E-state index contributed by atoms with van der Waals surface area (Å²) >= 11 is 0. The number of carbonyl (C=O) groups excluding carboxylic acids is 3. The normalized spacial score (nSPS) is 27.7. The first-order valence-electron chi connectivity index (χ1n) is 10.3. The molecular weight excluding hydrogens is 394 g/mol. The lowest BCUT2D eigenvalue weighted by atomic mass is 9.76. The number of amides is 2. The van der Waals surface area contributed by atoms with Gasteiger partial charge in [0.25, 0.3) is 0 Å². The van der Waals surface area contributed by atoms with Crippen LogP contribution >= 0.6 is 0 Å². The maximum absolute atomic E-state index is 13.3.